The number of unbranched alkanes of at least 4 members (excludes halogenated alkanes) is 21. The number of hydrogen-bond acceptors (Lipinski definition) is 4. The zero-order valence-corrected chi connectivity index (χ0v) is 33.5. The molecule has 0 rings (SSSR count). The van der Waals surface area contributed by atoms with Crippen LogP contribution in [0.4, 0.5) is 0 Å². The second-order valence-electron chi connectivity index (χ2n) is 14.5. The van der Waals surface area contributed by atoms with Crippen LogP contribution in [0.5, 0.6) is 0 Å². The highest BCUT2D eigenvalue weighted by Gasteiger charge is 2.20. The number of hydrogen-bond donors (Lipinski definition) is 4. The second-order valence-corrected chi connectivity index (χ2v) is 14.5. The maximum Gasteiger partial charge on any atom is 0.222 e. The summed E-state index contributed by atoms with van der Waals surface area (Å²) in [5.74, 6) is -0.333. The van der Waals surface area contributed by atoms with Gasteiger partial charge in [-0.3, -0.25) is 4.79 Å². The Kier molecular flexibility index (Phi) is 39.3. The van der Waals surface area contributed by atoms with E-state index in [1.54, 1.807) is 6.08 Å². The molecule has 3 unspecified atom stereocenters. The number of allylic oxidation sites excluding steroid dienone is 9. The molecule has 0 heterocycles. The zero-order chi connectivity index (χ0) is 37.3. The van der Waals surface area contributed by atoms with Crippen molar-refractivity contribution in [3.63, 3.8) is 0 Å². The Labute approximate surface area is 316 Å². The van der Waals surface area contributed by atoms with E-state index in [-0.39, 0.29) is 18.9 Å². The van der Waals surface area contributed by atoms with Crippen molar-refractivity contribution in [3.05, 3.63) is 60.8 Å². The molecule has 5 heteroatoms. The van der Waals surface area contributed by atoms with E-state index in [0.717, 1.165) is 51.4 Å². The molecule has 3 atom stereocenters. The minimum atomic E-state index is -0.961. The van der Waals surface area contributed by atoms with Crippen LogP contribution in [-0.2, 0) is 4.79 Å². The van der Waals surface area contributed by atoms with Crippen LogP contribution < -0.4 is 5.32 Å². The van der Waals surface area contributed by atoms with Crippen molar-refractivity contribution in [2.24, 2.45) is 0 Å². The van der Waals surface area contributed by atoms with E-state index in [0.29, 0.717) is 6.42 Å². The standard InChI is InChI=1S/C46H83NO4/c1-3-5-7-9-11-13-15-17-19-21-22-24-25-27-29-31-33-35-37-39-43(49)41-46(51)47-44(42-48)45(50)40-38-36-34-32-30-28-26-23-20-18-16-14-12-10-8-6-4-2/h5,7,11,13,20,23,30,32,38,40,43-45,48-50H,3-4,6,8-10,12,14-19,21-22,24-29,31,33-37,39,41-42H2,1-2H3,(H,47,51)/b7-5-,13-11-,23-20+,32-30+,40-38+. The van der Waals surface area contributed by atoms with Crippen molar-refractivity contribution in [2.75, 3.05) is 6.61 Å². The van der Waals surface area contributed by atoms with Gasteiger partial charge in [0.15, 0.2) is 0 Å². The molecular weight excluding hydrogens is 631 g/mol. The number of carbonyl (C=O) groups excluding carboxylic acids is 1. The number of nitrogens with one attached hydrogen (secondary N) is 1. The lowest BCUT2D eigenvalue weighted by atomic mass is 10.0. The lowest BCUT2D eigenvalue weighted by Crippen LogP contribution is -2.45. The molecule has 0 aliphatic carbocycles. The summed E-state index contributed by atoms with van der Waals surface area (Å²) in [6.07, 6.45) is 53.6. The van der Waals surface area contributed by atoms with Gasteiger partial charge in [-0.15, -0.1) is 0 Å². The second kappa shape index (κ2) is 40.8. The molecule has 0 bridgehead atoms. The molecule has 0 spiro atoms. The summed E-state index contributed by atoms with van der Waals surface area (Å²) >= 11 is 0. The van der Waals surface area contributed by atoms with Crippen molar-refractivity contribution >= 4 is 5.91 Å². The highest BCUT2D eigenvalue weighted by Crippen LogP contribution is 2.15. The van der Waals surface area contributed by atoms with Crippen LogP contribution in [-0.4, -0.2) is 46.1 Å². The topological polar surface area (TPSA) is 89.8 Å². The summed E-state index contributed by atoms with van der Waals surface area (Å²) in [5.41, 5.74) is 0. The smallest absolute Gasteiger partial charge is 0.222 e. The van der Waals surface area contributed by atoms with Crippen LogP contribution in [0, 0.1) is 0 Å². The average Bonchev–Trinajstić information content (AvgIpc) is 3.12. The van der Waals surface area contributed by atoms with Crippen molar-refractivity contribution in [3.8, 4) is 0 Å². The van der Waals surface area contributed by atoms with Crippen LogP contribution in [0.2, 0.25) is 0 Å². The van der Waals surface area contributed by atoms with Gasteiger partial charge in [-0.05, 0) is 70.6 Å². The molecule has 51 heavy (non-hydrogen) atoms. The Balaban J connectivity index is 3.74. The van der Waals surface area contributed by atoms with E-state index in [1.165, 1.54) is 122 Å². The minimum absolute atomic E-state index is 0.000608. The number of carbonyl (C=O) groups is 1. The third-order valence-corrected chi connectivity index (χ3v) is 9.52. The molecule has 0 aromatic heterocycles. The fourth-order valence-corrected chi connectivity index (χ4v) is 6.23. The van der Waals surface area contributed by atoms with Crippen molar-refractivity contribution < 1.29 is 20.1 Å². The molecular formula is C46H83NO4. The Morgan fingerprint density at radius 2 is 0.961 bits per heavy atom. The first kappa shape index (κ1) is 49.0. The summed E-state index contributed by atoms with van der Waals surface area (Å²) in [5, 5.41) is 33.2. The van der Waals surface area contributed by atoms with Crippen LogP contribution in [0.3, 0.4) is 0 Å². The fraction of sp³-hybridized carbons (Fsp3) is 0.761. The summed E-state index contributed by atoms with van der Waals surface area (Å²) < 4.78 is 0. The first-order chi connectivity index (χ1) is 25.0. The van der Waals surface area contributed by atoms with E-state index in [9.17, 15) is 20.1 Å². The molecule has 0 aliphatic rings. The van der Waals surface area contributed by atoms with Crippen molar-refractivity contribution in [1.82, 2.24) is 5.32 Å². The lowest BCUT2D eigenvalue weighted by Gasteiger charge is -2.21. The minimum Gasteiger partial charge on any atom is -0.394 e. The van der Waals surface area contributed by atoms with Gasteiger partial charge in [-0.25, -0.2) is 0 Å². The van der Waals surface area contributed by atoms with Gasteiger partial charge in [-0.2, -0.15) is 0 Å². The number of aliphatic hydroxyl groups is 3. The molecule has 0 fully saturated rings. The normalized spacial score (nSPS) is 14.2. The highest BCUT2D eigenvalue weighted by molar-refractivity contribution is 5.76. The van der Waals surface area contributed by atoms with Crippen LogP contribution in [0.1, 0.15) is 200 Å². The van der Waals surface area contributed by atoms with E-state index < -0.39 is 18.2 Å². The maximum absolute atomic E-state index is 12.4. The Morgan fingerprint density at radius 1 is 0.529 bits per heavy atom. The highest BCUT2D eigenvalue weighted by atomic mass is 16.3. The summed E-state index contributed by atoms with van der Waals surface area (Å²) in [6, 6.07) is -0.769. The van der Waals surface area contributed by atoms with Crippen molar-refractivity contribution in [1.29, 1.82) is 0 Å². The quantitative estimate of drug-likeness (QED) is 0.0379. The zero-order valence-electron chi connectivity index (χ0n) is 33.5. The summed E-state index contributed by atoms with van der Waals surface area (Å²) in [4.78, 5) is 12.4. The van der Waals surface area contributed by atoms with Crippen LogP contribution in [0.15, 0.2) is 60.8 Å². The summed E-state index contributed by atoms with van der Waals surface area (Å²) in [7, 11) is 0. The molecule has 0 aromatic carbocycles. The van der Waals surface area contributed by atoms with Gasteiger partial charge in [0.1, 0.15) is 0 Å². The van der Waals surface area contributed by atoms with E-state index in [1.807, 2.05) is 6.08 Å². The number of aliphatic hydroxyl groups excluding tert-OH is 3. The summed E-state index contributed by atoms with van der Waals surface area (Å²) in [6.45, 7) is 4.08. The molecule has 5 nitrogen and oxygen atoms in total. The molecule has 0 aromatic rings. The predicted octanol–water partition coefficient (Wildman–Crippen LogP) is 12.3. The van der Waals surface area contributed by atoms with E-state index in [2.05, 4.69) is 67.8 Å². The third kappa shape index (κ3) is 37.6. The SMILES string of the molecule is CC/C=C\C/C=C\CCCCCCCCCCCCCCC(O)CC(=O)NC(CO)C(O)/C=C/CC/C=C/CC/C=C/CCCCCCCCC. The van der Waals surface area contributed by atoms with Gasteiger partial charge in [0, 0.05) is 0 Å². The van der Waals surface area contributed by atoms with Gasteiger partial charge in [0.05, 0.1) is 31.3 Å². The van der Waals surface area contributed by atoms with E-state index >= 15 is 0 Å². The van der Waals surface area contributed by atoms with Gasteiger partial charge in [0.2, 0.25) is 5.91 Å². The molecule has 1 amide bonds. The Morgan fingerprint density at radius 3 is 1.47 bits per heavy atom. The van der Waals surface area contributed by atoms with Crippen molar-refractivity contribution in [2.45, 2.75) is 218 Å². The molecule has 296 valence electrons. The molecule has 0 saturated heterocycles. The molecule has 0 saturated carbocycles. The van der Waals surface area contributed by atoms with Gasteiger partial charge in [-0.1, -0.05) is 184 Å². The number of amides is 1. The van der Waals surface area contributed by atoms with Gasteiger partial charge >= 0.3 is 0 Å². The maximum atomic E-state index is 12.4. The Bertz CT molecular complexity index is 876. The monoisotopic (exact) mass is 714 g/mol. The first-order valence-electron chi connectivity index (χ1n) is 21.6. The Hall–Kier alpha value is -1.95. The predicted molar refractivity (Wildman–Crippen MR) is 222 cm³/mol. The van der Waals surface area contributed by atoms with Gasteiger partial charge in [0.25, 0.3) is 0 Å². The number of rotatable bonds is 38. The van der Waals surface area contributed by atoms with Crippen LogP contribution in [0.25, 0.3) is 0 Å². The molecule has 4 N–H and O–H groups in total. The molecule has 0 aliphatic heterocycles. The van der Waals surface area contributed by atoms with E-state index in [4.69, 9.17) is 0 Å². The van der Waals surface area contributed by atoms with Crippen LogP contribution >= 0.6 is 0 Å². The molecule has 0 radical (unpaired) electrons. The average molecular weight is 714 g/mol. The fourth-order valence-electron chi connectivity index (χ4n) is 6.23. The van der Waals surface area contributed by atoms with Gasteiger partial charge < -0.3 is 20.6 Å². The third-order valence-electron chi connectivity index (χ3n) is 9.52. The first-order valence-corrected chi connectivity index (χ1v) is 21.6. The largest absolute Gasteiger partial charge is 0.394 e. The lowest BCUT2D eigenvalue weighted by molar-refractivity contribution is -0.124.